The number of aryl methyl sites for hydroxylation is 1. The zero-order valence-electron chi connectivity index (χ0n) is 19.7. The number of hydrogen-bond donors (Lipinski definition) is 0. The van der Waals surface area contributed by atoms with Gasteiger partial charge in [0.05, 0.1) is 16.5 Å². The lowest BCUT2D eigenvalue weighted by Gasteiger charge is -2.23. The van der Waals surface area contributed by atoms with Crippen LogP contribution in [-0.4, -0.2) is 43.0 Å². The number of nitrogens with zero attached hydrogens (tertiary/aromatic N) is 2. The predicted molar refractivity (Wildman–Crippen MR) is 133 cm³/mol. The van der Waals surface area contributed by atoms with Gasteiger partial charge in [-0.15, -0.1) is 0 Å². The highest BCUT2D eigenvalue weighted by Crippen LogP contribution is 2.33. The summed E-state index contributed by atoms with van der Waals surface area (Å²) in [6, 6.07) is 13.4. The molecule has 2 aliphatic rings. The van der Waals surface area contributed by atoms with E-state index in [-0.39, 0.29) is 6.10 Å². The van der Waals surface area contributed by atoms with Crippen molar-refractivity contribution in [3.05, 3.63) is 59.8 Å². The van der Waals surface area contributed by atoms with E-state index in [0.717, 1.165) is 60.0 Å². The summed E-state index contributed by atoms with van der Waals surface area (Å²) in [7, 11) is -1.52. The molecule has 1 saturated heterocycles. The van der Waals surface area contributed by atoms with Crippen molar-refractivity contribution in [2.45, 2.75) is 75.3 Å². The average Bonchev–Trinajstić information content (AvgIpc) is 3.38. The van der Waals surface area contributed by atoms with Crippen LogP contribution in [-0.2, 0) is 16.4 Å². The van der Waals surface area contributed by atoms with Gasteiger partial charge in [-0.3, -0.25) is 0 Å². The zero-order valence-corrected chi connectivity index (χ0v) is 20.5. The third-order valence-corrected chi connectivity index (χ3v) is 9.07. The molecule has 5 rings (SSSR count). The van der Waals surface area contributed by atoms with Crippen molar-refractivity contribution in [2.75, 3.05) is 13.6 Å². The monoisotopic (exact) mass is 466 g/mol. The Morgan fingerprint density at radius 1 is 0.970 bits per heavy atom. The highest BCUT2D eigenvalue weighted by Gasteiger charge is 2.26. The Kier molecular flexibility index (Phi) is 6.23. The standard InChI is InChI=1S/C27H34N2O3S/c1-20-10-13-25(14-11-20)33(30,31)29-19-21(17-22-7-6-16-28(22)2)26-18-24(12-15-27(26)29)32-23-8-4-3-5-9-23/h10-15,18-19,22-23H,3-9,16-17H2,1-2H3. The molecule has 6 heteroatoms. The fourth-order valence-electron chi connectivity index (χ4n) is 5.37. The van der Waals surface area contributed by atoms with E-state index in [2.05, 4.69) is 18.0 Å². The van der Waals surface area contributed by atoms with Crippen LogP contribution in [0.15, 0.2) is 53.6 Å². The summed E-state index contributed by atoms with van der Waals surface area (Å²) in [6.45, 7) is 3.06. The minimum Gasteiger partial charge on any atom is -0.490 e. The van der Waals surface area contributed by atoms with E-state index >= 15 is 0 Å². The van der Waals surface area contributed by atoms with E-state index in [1.807, 2.05) is 37.4 Å². The molecule has 1 atom stereocenters. The molecule has 176 valence electrons. The first-order chi connectivity index (χ1) is 15.9. The van der Waals surface area contributed by atoms with Crippen molar-refractivity contribution in [3.8, 4) is 5.75 Å². The van der Waals surface area contributed by atoms with Crippen LogP contribution in [0.25, 0.3) is 10.9 Å². The van der Waals surface area contributed by atoms with Gasteiger partial charge in [-0.05, 0) is 101 Å². The van der Waals surface area contributed by atoms with Crippen LogP contribution >= 0.6 is 0 Å². The first-order valence-corrected chi connectivity index (χ1v) is 13.7. The summed E-state index contributed by atoms with van der Waals surface area (Å²) in [4.78, 5) is 2.71. The summed E-state index contributed by atoms with van der Waals surface area (Å²) < 4.78 is 35.0. The first kappa shape index (κ1) is 22.5. The van der Waals surface area contributed by atoms with Gasteiger partial charge in [0.1, 0.15) is 5.75 Å². The van der Waals surface area contributed by atoms with Crippen molar-refractivity contribution < 1.29 is 13.2 Å². The van der Waals surface area contributed by atoms with Crippen LogP contribution in [0.1, 0.15) is 56.1 Å². The molecule has 1 aliphatic carbocycles. The molecule has 3 aromatic rings. The number of fused-ring (bicyclic) bond motifs is 1. The summed E-state index contributed by atoms with van der Waals surface area (Å²) in [6.07, 6.45) is 11.2. The molecule has 1 aliphatic heterocycles. The van der Waals surface area contributed by atoms with Crippen molar-refractivity contribution in [2.24, 2.45) is 0 Å². The number of ether oxygens (including phenoxy) is 1. The van der Waals surface area contributed by atoms with E-state index in [9.17, 15) is 8.42 Å². The van der Waals surface area contributed by atoms with Crippen molar-refractivity contribution in [3.63, 3.8) is 0 Å². The molecule has 2 fully saturated rings. The van der Waals surface area contributed by atoms with Gasteiger partial charge in [-0.25, -0.2) is 12.4 Å². The summed E-state index contributed by atoms with van der Waals surface area (Å²) >= 11 is 0. The highest BCUT2D eigenvalue weighted by molar-refractivity contribution is 7.90. The molecule has 33 heavy (non-hydrogen) atoms. The van der Waals surface area contributed by atoms with E-state index in [0.29, 0.717) is 10.9 Å². The Morgan fingerprint density at radius 3 is 2.42 bits per heavy atom. The molecule has 1 unspecified atom stereocenters. The third kappa shape index (κ3) is 4.56. The summed E-state index contributed by atoms with van der Waals surface area (Å²) in [5.41, 5.74) is 2.84. The lowest BCUT2D eigenvalue weighted by atomic mass is 9.98. The van der Waals surface area contributed by atoms with Crippen molar-refractivity contribution >= 4 is 20.9 Å². The van der Waals surface area contributed by atoms with Gasteiger partial charge in [-0.2, -0.15) is 0 Å². The molecular formula is C27H34N2O3S. The lowest BCUT2D eigenvalue weighted by molar-refractivity contribution is 0.155. The maximum atomic E-state index is 13.6. The fourth-order valence-corrected chi connectivity index (χ4v) is 6.76. The van der Waals surface area contributed by atoms with Crippen molar-refractivity contribution in [1.29, 1.82) is 0 Å². The van der Waals surface area contributed by atoms with Crippen molar-refractivity contribution in [1.82, 2.24) is 8.87 Å². The predicted octanol–water partition coefficient (Wildman–Crippen LogP) is 5.53. The number of likely N-dealkylation sites (N-methyl/N-ethyl adjacent to an activating group) is 1. The molecule has 5 nitrogen and oxygen atoms in total. The minimum atomic E-state index is -3.69. The topological polar surface area (TPSA) is 51.5 Å². The molecule has 0 bridgehead atoms. The van der Waals surface area contributed by atoms with E-state index < -0.39 is 10.0 Å². The van der Waals surface area contributed by atoms with Gasteiger partial charge in [0, 0.05) is 17.6 Å². The lowest BCUT2D eigenvalue weighted by Crippen LogP contribution is -2.26. The Morgan fingerprint density at radius 2 is 1.73 bits per heavy atom. The fraction of sp³-hybridized carbons (Fsp3) is 0.481. The number of aromatic nitrogens is 1. The minimum absolute atomic E-state index is 0.263. The summed E-state index contributed by atoms with van der Waals surface area (Å²) in [5, 5.41) is 0.985. The largest absolute Gasteiger partial charge is 0.490 e. The summed E-state index contributed by atoms with van der Waals surface area (Å²) in [5.74, 6) is 0.848. The van der Waals surface area contributed by atoms with Gasteiger partial charge in [-0.1, -0.05) is 24.1 Å². The zero-order chi connectivity index (χ0) is 23.0. The van der Waals surface area contributed by atoms with Crippen LogP contribution in [0.4, 0.5) is 0 Å². The molecule has 0 spiro atoms. The van der Waals surface area contributed by atoms with E-state index in [1.165, 1.54) is 29.7 Å². The first-order valence-electron chi connectivity index (χ1n) is 12.2. The van der Waals surface area contributed by atoms with Crippen LogP contribution in [0.3, 0.4) is 0 Å². The normalized spacial score (nSPS) is 20.5. The molecule has 0 N–H and O–H groups in total. The van der Waals surface area contributed by atoms with Crippen LogP contribution in [0.2, 0.25) is 0 Å². The average molecular weight is 467 g/mol. The van der Waals surface area contributed by atoms with Gasteiger partial charge in [0.15, 0.2) is 0 Å². The third-order valence-electron chi connectivity index (χ3n) is 7.38. The Bertz CT molecular complexity index is 1220. The number of rotatable bonds is 6. The van der Waals surface area contributed by atoms with E-state index in [1.54, 1.807) is 12.1 Å². The molecule has 2 heterocycles. The SMILES string of the molecule is Cc1ccc(S(=O)(=O)n2cc(CC3CCCN3C)c3cc(OC4CCCCC4)ccc32)cc1. The molecule has 1 aromatic heterocycles. The molecule has 0 radical (unpaired) electrons. The Balaban J connectivity index is 1.56. The van der Waals surface area contributed by atoms with Gasteiger partial charge >= 0.3 is 0 Å². The smallest absolute Gasteiger partial charge is 0.268 e. The second-order valence-electron chi connectivity index (χ2n) is 9.81. The molecular weight excluding hydrogens is 432 g/mol. The van der Waals surface area contributed by atoms with E-state index in [4.69, 9.17) is 4.74 Å². The number of likely N-dealkylation sites (tertiary alicyclic amines) is 1. The van der Waals surface area contributed by atoms with Gasteiger partial charge in [0.25, 0.3) is 10.0 Å². The quantitative estimate of drug-likeness (QED) is 0.479. The second kappa shape index (κ2) is 9.15. The molecule has 0 amide bonds. The maximum absolute atomic E-state index is 13.6. The van der Waals surface area contributed by atoms with Crippen LogP contribution < -0.4 is 4.74 Å². The number of benzene rings is 2. The second-order valence-corrected chi connectivity index (χ2v) is 11.6. The number of hydrogen-bond acceptors (Lipinski definition) is 4. The Hall–Kier alpha value is -2.31. The van der Waals surface area contributed by atoms with Gasteiger partial charge < -0.3 is 9.64 Å². The highest BCUT2D eigenvalue weighted by atomic mass is 32.2. The molecule has 1 saturated carbocycles. The van der Waals surface area contributed by atoms with Crippen LogP contribution in [0, 0.1) is 6.92 Å². The Labute approximate surface area is 197 Å². The van der Waals surface area contributed by atoms with Gasteiger partial charge in [0.2, 0.25) is 0 Å². The van der Waals surface area contributed by atoms with Crippen LogP contribution in [0.5, 0.6) is 5.75 Å². The maximum Gasteiger partial charge on any atom is 0.268 e. The molecule has 2 aromatic carbocycles.